The average Bonchev–Trinajstić information content (AvgIpc) is 2.90. The van der Waals surface area contributed by atoms with Crippen LogP contribution in [0.15, 0.2) is 42.6 Å². The van der Waals surface area contributed by atoms with Gasteiger partial charge in [-0.15, -0.1) is 0 Å². The number of aromatic nitrogens is 1. The fourth-order valence-electron chi connectivity index (χ4n) is 2.10. The molecule has 20 heavy (non-hydrogen) atoms. The third kappa shape index (κ3) is 3.29. The summed E-state index contributed by atoms with van der Waals surface area (Å²) < 4.78 is 7.36. The van der Waals surface area contributed by atoms with Crippen LogP contribution < -0.4 is 4.74 Å². The van der Waals surface area contributed by atoms with Gasteiger partial charge in [0.1, 0.15) is 5.75 Å². The highest BCUT2D eigenvalue weighted by Gasteiger charge is 2.10. The van der Waals surface area contributed by atoms with E-state index in [4.69, 9.17) is 4.74 Å². The van der Waals surface area contributed by atoms with E-state index in [2.05, 4.69) is 26.0 Å². The molecule has 0 spiro atoms. The first kappa shape index (κ1) is 14.4. The standard InChI is InChI=1S/C17H21NO2/c1-4-13(2)14-7-9-15(10-8-14)20-12-17(19)16-6-5-11-18(16)3/h5-11,13H,4,12H2,1-3H3. The quantitative estimate of drug-likeness (QED) is 0.748. The summed E-state index contributed by atoms with van der Waals surface area (Å²) in [6.07, 6.45) is 2.97. The number of hydrogen-bond donors (Lipinski definition) is 0. The Morgan fingerprint density at radius 3 is 2.50 bits per heavy atom. The minimum absolute atomic E-state index is 0.0106. The lowest BCUT2D eigenvalue weighted by Crippen LogP contribution is -2.14. The number of nitrogens with zero attached hydrogens (tertiary/aromatic N) is 1. The predicted octanol–water partition coefficient (Wildman–Crippen LogP) is 3.80. The van der Waals surface area contributed by atoms with Crippen LogP contribution in [0.5, 0.6) is 5.75 Å². The monoisotopic (exact) mass is 271 g/mol. The fraction of sp³-hybridized carbons (Fsp3) is 0.353. The van der Waals surface area contributed by atoms with Gasteiger partial charge < -0.3 is 9.30 Å². The molecule has 1 unspecified atom stereocenters. The Balaban J connectivity index is 1.94. The van der Waals surface area contributed by atoms with Gasteiger partial charge >= 0.3 is 0 Å². The van der Waals surface area contributed by atoms with Crippen LogP contribution in [0.4, 0.5) is 0 Å². The molecule has 1 atom stereocenters. The molecule has 0 N–H and O–H groups in total. The van der Waals surface area contributed by atoms with E-state index in [1.165, 1.54) is 5.56 Å². The highest BCUT2D eigenvalue weighted by Crippen LogP contribution is 2.21. The normalized spacial score (nSPS) is 12.2. The Hall–Kier alpha value is -2.03. The molecule has 0 saturated carbocycles. The number of carbonyl (C=O) groups is 1. The molecular weight excluding hydrogens is 250 g/mol. The topological polar surface area (TPSA) is 31.2 Å². The molecule has 0 aliphatic heterocycles. The number of Topliss-reactive ketones (excluding diaryl/α,β-unsaturated/α-hetero) is 1. The fourth-order valence-corrected chi connectivity index (χ4v) is 2.10. The summed E-state index contributed by atoms with van der Waals surface area (Å²) in [6, 6.07) is 11.7. The molecule has 0 aliphatic carbocycles. The number of ether oxygens (including phenoxy) is 1. The van der Waals surface area contributed by atoms with Crippen LogP contribution in [0.2, 0.25) is 0 Å². The van der Waals surface area contributed by atoms with E-state index in [9.17, 15) is 4.79 Å². The summed E-state index contributed by atoms with van der Waals surface area (Å²) in [5, 5.41) is 0. The molecule has 0 bridgehead atoms. The second kappa shape index (κ2) is 6.42. The Bertz CT molecular complexity index is 569. The van der Waals surface area contributed by atoms with E-state index < -0.39 is 0 Å². The van der Waals surface area contributed by atoms with Crippen LogP contribution >= 0.6 is 0 Å². The first-order chi connectivity index (χ1) is 9.61. The maximum Gasteiger partial charge on any atom is 0.216 e. The van der Waals surface area contributed by atoms with Gasteiger partial charge in [-0.05, 0) is 42.2 Å². The molecule has 0 aliphatic rings. The van der Waals surface area contributed by atoms with Crippen molar-refractivity contribution < 1.29 is 9.53 Å². The Labute approximate surface area is 120 Å². The highest BCUT2D eigenvalue weighted by atomic mass is 16.5. The van der Waals surface area contributed by atoms with Crippen LogP contribution in [-0.2, 0) is 7.05 Å². The number of rotatable bonds is 6. The molecule has 2 aromatic rings. The number of hydrogen-bond acceptors (Lipinski definition) is 2. The van der Waals surface area contributed by atoms with Crippen LogP contribution in [0.1, 0.15) is 42.2 Å². The molecule has 0 radical (unpaired) electrons. The van der Waals surface area contributed by atoms with E-state index in [1.807, 2.05) is 31.4 Å². The molecule has 1 aromatic carbocycles. The van der Waals surface area contributed by atoms with Gasteiger partial charge in [-0.1, -0.05) is 26.0 Å². The third-order valence-electron chi connectivity index (χ3n) is 3.66. The average molecular weight is 271 g/mol. The number of aryl methyl sites for hydroxylation is 1. The van der Waals surface area contributed by atoms with E-state index in [-0.39, 0.29) is 12.4 Å². The van der Waals surface area contributed by atoms with Crippen molar-refractivity contribution in [2.24, 2.45) is 7.05 Å². The molecule has 0 saturated heterocycles. The van der Waals surface area contributed by atoms with Crippen molar-refractivity contribution in [1.82, 2.24) is 4.57 Å². The van der Waals surface area contributed by atoms with Gasteiger partial charge in [0.15, 0.2) is 6.61 Å². The summed E-state index contributed by atoms with van der Waals surface area (Å²) in [6.45, 7) is 4.45. The van der Waals surface area contributed by atoms with Crippen LogP contribution in [0.3, 0.4) is 0 Å². The van der Waals surface area contributed by atoms with Crippen molar-refractivity contribution >= 4 is 5.78 Å². The summed E-state index contributed by atoms with van der Waals surface area (Å²) in [5.74, 6) is 1.28. The van der Waals surface area contributed by atoms with Gasteiger partial charge in [-0.3, -0.25) is 4.79 Å². The van der Waals surface area contributed by atoms with E-state index in [1.54, 1.807) is 10.6 Å². The Kier molecular flexibility index (Phi) is 4.61. The van der Waals surface area contributed by atoms with Crippen molar-refractivity contribution in [3.63, 3.8) is 0 Å². The minimum Gasteiger partial charge on any atom is -0.485 e. The maximum absolute atomic E-state index is 12.0. The third-order valence-corrected chi connectivity index (χ3v) is 3.66. The predicted molar refractivity (Wildman–Crippen MR) is 80.4 cm³/mol. The molecule has 2 rings (SSSR count). The number of benzene rings is 1. The van der Waals surface area contributed by atoms with Gasteiger partial charge in [0.25, 0.3) is 0 Å². The van der Waals surface area contributed by atoms with Crippen LogP contribution in [0.25, 0.3) is 0 Å². The molecule has 0 fully saturated rings. The zero-order valence-corrected chi connectivity index (χ0v) is 12.3. The van der Waals surface area contributed by atoms with Crippen molar-refractivity contribution in [2.45, 2.75) is 26.2 Å². The van der Waals surface area contributed by atoms with Crippen molar-refractivity contribution in [3.8, 4) is 5.75 Å². The molecule has 3 nitrogen and oxygen atoms in total. The van der Waals surface area contributed by atoms with Crippen LogP contribution in [-0.4, -0.2) is 17.0 Å². The Morgan fingerprint density at radius 2 is 1.95 bits per heavy atom. The second-order valence-corrected chi connectivity index (χ2v) is 5.09. The first-order valence-corrected chi connectivity index (χ1v) is 6.99. The lowest BCUT2D eigenvalue weighted by molar-refractivity contribution is 0.0913. The van der Waals surface area contributed by atoms with E-state index >= 15 is 0 Å². The molecule has 1 aromatic heterocycles. The number of ketones is 1. The maximum atomic E-state index is 12.0. The molecule has 3 heteroatoms. The summed E-state index contributed by atoms with van der Waals surface area (Å²) in [4.78, 5) is 12.0. The Morgan fingerprint density at radius 1 is 1.25 bits per heavy atom. The van der Waals surface area contributed by atoms with Gasteiger partial charge in [0.2, 0.25) is 5.78 Å². The molecule has 1 heterocycles. The summed E-state index contributed by atoms with van der Waals surface area (Å²) >= 11 is 0. The van der Waals surface area contributed by atoms with Crippen molar-refractivity contribution in [3.05, 3.63) is 53.9 Å². The smallest absolute Gasteiger partial charge is 0.216 e. The van der Waals surface area contributed by atoms with Crippen molar-refractivity contribution in [2.75, 3.05) is 6.61 Å². The molecular formula is C17H21NO2. The van der Waals surface area contributed by atoms with Crippen molar-refractivity contribution in [1.29, 1.82) is 0 Å². The highest BCUT2D eigenvalue weighted by molar-refractivity contribution is 5.95. The molecule has 106 valence electrons. The lowest BCUT2D eigenvalue weighted by atomic mass is 9.99. The van der Waals surface area contributed by atoms with Crippen LogP contribution in [0, 0.1) is 0 Å². The minimum atomic E-state index is -0.0106. The lowest BCUT2D eigenvalue weighted by Gasteiger charge is -2.10. The molecule has 0 amide bonds. The van der Waals surface area contributed by atoms with E-state index in [0.717, 1.165) is 12.2 Å². The largest absolute Gasteiger partial charge is 0.485 e. The summed E-state index contributed by atoms with van der Waals surface area (Å²) in [7, 11) is 1.86. The summed E-state index contributed by atoms with van der Waals surface area (Å²) in [5.41, 5.74) is 1.97. The van der Waals surface area contributed by atoms with Gasteiger partial charge in [0.05, 0.1) is 5.69 Å². The van der Waals surface area contributed by atoms with Gasteiger partial charge in [-0.25, -0.2) is 0 Å². The van der Waals surface area contributed by atoms with E-state index in [0.29, 0.717) is 11.6 Å². The zero-order chi connectivity index (χ0) is 14.5. The second-order valence-electron chi connectivity index (χ2n) is 5.09. The van der Waals surface area contributed by atoms with Gasteiger partial charge in [0, 0.05) is 13.2 Å². The van der Waals surface area contributed by atoms with Gasteiger partial charge in [-0.2, -0.15) is 0 Å². The first-order valence-electron chi connectivity index (χ1n) is 6.99. The zero-order valence-electron chi connectivity index (χ0n) is 12.3. The SMILES string of the molecule is CCC(C)c1ccc(OCC(=O)c2cccn2C)cc1. The number of carbonyl (C=O) groups excluding carboxylic acids is 1.